The average molecular weight is 449 g/mol. The Labute approximate surface area is 179 Å². The third kappa shape index (κ3) is 3.82. The van der Waals surface area contributed by atoms with Gasteiger partial charge in [-0.3, -0.25) is 4.79 Å². The SMILES string of the molecule is BC(B)(c1ccccc1)S(=O)(=O)OC1=C(N)O[C@@](B)(c2ccccc2C(F)(F)F)C1=O. The first-order valence-corrected chi connectivity index (χ1v) is 10.5. The molecule has 0 bridgehead atoms. The number of benzene rings is 2. The van der Waals surface area contributed by atoms with Crippen LogP contribution in [0, 0.1) is 0 Å². The monoisotopic (exact) mass is 449 g/mol. The maximum Gasteiger partial charge on any atom is 0.416 e. The first kappa shape index (κ1) is 22.9. The molecule has 2 aromatic rings. The fraction of sp³-hybridized carbons (Fsp3) is 0.167. The molecule has 0 spiro atoms. The van der Waals surface area contributed by atoms with Crippen LogP contribution in [0.25, 0.3) is 0 Å². The van der Waals surface area contributed by atoms with Gasteiger partial charge in [0.05, 0.1) is 10.1 Å². The van der Waals surface area contributed by atoms with Gasteiger partial charge in [0.1, 0.15) is 15.7 Å². The Balaban J connectivity index is 2.00. The van der Waals surface area contributed by atoms with Crippen molar-refractivity contribution in [1.82, 2.24) is 0 Å². The molecule has 0 radical (unpaired) electrons. The van der Waals surface area contributed by atoms with E-state index in [9.17, 15) is 26.4 Å². The highest BCUT2D eigenvalue weighted by Gasteiger charge is 2.53. The fourth-order valence-electron chi connectivity index (χ4n) is 3.24. The number of carbonyl (C=O) groups is 1. The molecule has 0 aliphatic carbocycles. The van der Waals surface area contributed by atoms with Gasteiger partial charge in [0.25, 0.3) is 0 Å². The quantitative estimate of drug-likeness (QED) is 0.496. The number of ketones is 1. The van der Waals surface area contributed by atoms with Gasteiger partial charge in [0.15, 0.2) is 13.3 Å². The lowest BCUT2D eigenvalue weighted by atomic mass is 9.65. The van der Waals surface area contributed by atoms with Crippen molar-refractivity contribution in [1.29, 1.82) is 0 Å². The number of hydrogen-bond donors (Lipinski definition) is 1. The highest BCUT2D eigenvalue weighted by Crippen LogP contribution is 2.43. The molecule has 6 nitrogen and oxygen atoms in total. The van der Waals surface area contributed by atoms with Crippen molar-refractivity contribution in [3.63, 3.8) is 0 Å². The van der Waals surface area contributed by atoms with Gasteiger partial charge in [0, 0.05) is 5.56 Å². The lowest BCUT2D eigenvalue weighted by Gasteiger charge is -2.27. The van der Waals surface area contributed by atoms with Crippen molar-refractivity contribution in [2.75, 3.05) is 0 Å². The highest BCUT2D eigenvalue weighted by atomic mass is 32.2. The van der Waals surface area contributed by atoms with Gasteiger partial charge in [-0.15, -0.1) is 0 Å². The summed E-state index contributed by atoms with van der Waals surface area (Å²) in [6.07, 6.45) is -4.77. The van der Waals surface area contributed by atoms with Crippen LogP contribution >= 0.6 is 0 Å². The van der Waals surface area contributed by atoms with E-state index in [1.54, 1.807) is 30.3 Å². The number of halogens is 3. The number of ether oxygens (including phenoxy) is 1. The van der Waals surface area contributed by atoms with E-state index in [0.717, 1.165) is 26.0 Å². The van der Waals surface area contributed by atoms with Crippen molar-refractivity contribution >= 4 is 39.4 Å². The Morgan fingerprint density at radius 2 is 1.55 bits per heavy atom. The second-order valence-electron chi connectivity index (χ2n) is 7.61. The van der Waals surface area contributed by atoms with Crippen LogP contribution in [0.1, 0.15) is 16.7 Å². The summed E-state index contributed by atoms with van der Waals surface area (Å²) in [5.74, 6) is -2.70. The molecule has 160 valence electrons. The summed E-state index contributed by atoms with van der Waals surface area (Å²) in [6, 6.07) is 12.4. The van der Waals surface area contributed by atoms with Crippen LogP contribution in [0.4, 0.5) is 13.2 Å². The molecule has 3 rings (SSSR count). The standard InChI is InChI=1S/C18H17B3F3NO5S/c19-16(11-8-4-5-9-12(11)18(22,23)24)14(26)13(15(25)29-16)30-31(27,28)17(20,21)10-6-2-1-3-7-10/h1-9H,19-21,25H2/t16-/m0/s1. The minimum absolute atomic E-state index is 0.380. The molecule has 2 N–H and O–H groups in total. The van der Waals surface area contributed by atoms with E-state index in [1.165, 1.54) is 21.8 Å². The molecule has 1 aliphatic rings. The number of hydrogen-bond acceptors (Lipinski definition) is 6. The summed E-state index contributed by atoms with van der Waals surface area (Å²) in [5.41, 5.74) is 2.26. The van der Waals surface area contributed by atoms with Crippen LogP contribution in [0.15, 0.2) is 66.2 Å². The molecular weight excluding hydrogens is 432 g/mol. The van der Waals surface area contributed by atoms with Gasteiger partial charge >= 0.3 is 16.3 Å². The molecule has 0 unspecified atom stereocenters. The molecule has 0 aromatic heterocycles. The molecule has 31 heavy (non-hydrogen) atoms. The third-order valence-corrected chi connectivity index (χ3v) is 7.08. The van der Waals surface area contributed by atoms with Gasteiger partial charge in [-0.05, 0) is 11.6 Å². The molecule has 2 aromatic carbocycles. The Bertz CT molecular complexity index is 1170. The van der Waals surface area contributed by atoms with Crippen LogP contribution in [-0.4, -0.2) is 37.7 Å². The van der Waals surface area contributed by atoms with Crippen molar-refractivity contribution in [2.45, 2.75) is 16.2 Å². The molecule has 0 fully saturated rings. The maximum absolute atomic E-state index is 13.5. The second-order valence-corrected chi connectivity index (χ2v) is 9.71. The summed E-state index contributed by atoms with van der Waals surface area (Å²) >= 11 is 0. The molecule has 1 heterocycles. The van der Waals surface area contributed by atoms with E-state index in [0.29, 0.717) is 5.56 Å². The number of alkyl halides is 3. The van der Waals surface area contributed by atoms with Crippen molar-refractivity contribution in [3.8, 4) is 0 Å². The first-order chi connectivity index (χ1) is 14.2. The van der Waals surface area contributed by atoms with Crippen molar-refractivity contribution in [2.24, 2.45) is 5.73 Å². The molecule has 1 aliphatic heterocycles. The van der Waals surface area contributed by atoms with E-state index in [1.807, 2.05) is 0 Å². The summed E-state index contributed by atoms with van der Waals surface area (Å²) in [4.78, 5) is 13.0. The zero-order chi connectivity index (χ0) is 23.2. The van der Waals surface area contributed by atoms with Crippen molar-refractivity contribution in [3.05, 3.63) is 82.9 Å². The first-order valence-electron chi connectivity index (χ1n) is 9.11. The summed E-state index contributed by atoms with van der Waals surface area (Å²) in [7, 11) is -0.677. The van der Waals surface area contributed by atoms with E-state index >= 15 is 0 Å². The van der Waals surface area contributed by atoms with Gasteiger partial charge in [-0.1, -0.05) is 48.5 Å². The lowest BCUT2D eigenvalue weighted by molar-refractivity contribution is -0.140. The minimum Gasteiger partial charge on any atom is -0.467 e. The van der Waals surface area contributed by atoms with E-state index in [4.69, 9.17) is 14.7 Å². The molecule has 0 saturated heterocycles. The average Bonchev–Trinajstić information content (AvgIpc) is 2.91. The van der Waals surface area contributed by atoms with Gasteiger partial charge in [-0.2, -0.15) is 21.6 Å². The Morgan fingerprint density at radius 3 is 2.13 bits per heavy atom. The number of rotatable bonds is 5. The van der Waals surface area contributed by atoms with Gasteiger partial charge < -0.3 is 14.7 Å². The summed E-state index contributed by atoms with van der Waals surface area (Å²) < 4.78 is 75.1. The largest absolute Gasteiger partial charge is 0.467 e. The van der Waals surface area contributed by atoms with Crippen LogP contribution in [-0.2, 0) is 40.1 Å². The van der Waals surface area contributed by atoms with Crippen LogP contribution < -0.4 is 5.73 Å². The molecular formula is C18H17B3F3NO5S. The van der Waals surface area contributed by atoms with Crippen LogP contribution in [0.2, 0.25) is 0 Å². The Kier molecular flexibility index (Phi) is 5.46. The number of Topliss-reactive ketones (excluding diaryl/α,β-unsaturated/α-hetero) is 1. The topological polar surface area (TPSA) is 95.7 Å². The molecule has 13 heteroatoms. The summed E-state index contributed by atoms with van der Waals surface area (Å²) in [5, 5.41) is 0. The van der Waals surface area contributed by atoms with Gasteiger partial charge in [0.2, 0.25) is 17.4 Å². The summed E-state index contributed by atoms with van der Waals surface area (Å²) in [6.45, 7) is 0. The highest BCUT2D eigenvalue weighted by molar-refractivity contribution is 7.90. The number of carbonyl (C=O) groups excluding carboxylic acids is 1. The fourth-order valence-corrected chi connectivity index (χ4v) is 4.25. The normalized spacial score (nSPS) is 19.9. The zero-order valence-electron chi connectivity index (χ0n) is 16.9. The lowest BCUT2D eigenvalue weighted by Crippen LogP contribution is -2.41. The van der Waals surface area contributed by atoms with E-state index < -0.39 is 54.9 Å². The van der Waals surface area contributed by atoms with Gasteiger partial charge in [-0.25, -0.2) is 0 Å². The second kappa shape index (κ2) is 7.40. The van der Waals surface area contributed by atoms with Crippen molar-refractivity contribution < 1.29 is 35.3 Å². The van der Waals surface area contributed by atoms with E-state index in [-0.39, 0.29) is 0 Å². The molecule has 0 saturated carbocycles. The predicted octanol–water partition coefficient (Wildman–Crippen LogP) is -0.359. The van der Waals surface area contributed by atoms with E-state index in [2.05, 4.69) is 0 Å². The Morgan fingerprint density at radius 1 is 1.00 bits per heavy atom. The van der Waals surface area contributed by atoms with Crippen LogP contribution in [0.3, 0.4) is 0 Å². The van der Waals surface area contributed by atoms with Crippen LogP contribution in [0.5, 0.6) is 0 Å². The number of nitrogens with two attached hydrogens (primary N) is 1. The molecule has 1 atom stereocenters. The minimum atomic E-state index is -4.77. The Hall–Kier alpha value is -2.82. The third-order valence-electron chi connectivity index (χ3n) is 5.21. The predicted molar refractivity (Wildman–Crippen MR) is 114 cm³/mol. The maximum atomic E-state index is 13.5. The zero-order valence-corrected chi connectivity index (χ0v) is 17.7. The molecule has 0 amide bonds. The smallest absolute Gasteiger partial charge is 0.416 e.